The van der Waals surface area contributed by atoms with Crippen molar-refractivity contribution < 1.29 is 29.0 Å². The van der Waals surface area contributed by atoms with Gasteiger partial charge in [-0.1, -0.05) is 38.2 Å². The second-order valence-electron chi connectivity index (χ2n) is 11.0. The van der Waals surface area contributed by atoms with Gasteiger partial charge in [-0.2, -0.15) is 0 Å². The lowest BCUT2D eigenvalue weighted by Crippen LogP contribution is -2.58. The average Bonchev–Trinajstić information content (AvgIpc) is 3.24. The Bertz CT molecular complexity index is 1170. The molecule has 1 unspecified atom stereocenters. The molecule has 8 nitrogen and oxygen atoms in total. The average molecular weight is 541 g/mol. The van der Waals surface area contributed by atoms with E-state index in [-0.39, 0.29) is 24.3 Å². The number of aliphatic hydroxyl groups is 1. The van der Waals surface area contributed by atoms with Gasteiger partial charge in [0.05, 0.1) is 42.9 Å². The Morgan fingerprint density at radius 3 is 2.50 bits per heavy atom. The van der Waals surface area contributed by atoms with Gasteiger partial charge in [0.15, 0.2) is 0 Å². The number of esters is 1. The lowest BCUT2D eigenvalue weighted by molar-refractivity contribution is -0.154. The maximum absolute atomic E-state index is 14.5. The quantitative estimate of drug-likeness (QED) is 0.453. The second kappa shape index (κ2) is 10.1. The zero-order valence-corrected chi connectivity index (χ0v) is 23.1. The Labute approximate surface area is 228 Å². The summed E-state index contributed by atoms with van der Waals surface area (Å²) >= 11 is 1.52. The predicted molar refractivity (Wildman–Crippen MR) is 146 cm³/mol. The van der Waals surface area contributed by atoms with Crippen molar-refractivity contribution in [2.75, 3.05) is 31.8 Å². The first kappa shape index (κ1) is 26.8. The van der Waals surface area contributed by atoms with E-state index in [1.807, 2.05) is 51.1 Å². The number of cyclic esters (lactones) is 1. The number of thioether (sulfide) groups is 1. The number of amides is 2. The molecule has 5 rings (SSSR count). The molecule has 1 N–H and O–H groups in total. The lowest BCUT2D eigenvalue weighted by Gasteiger charge is -2.41. The highest BCUT2D eigenvalue weighted by molar-refractivity contribution is 8.02. The van der Waals surface area contributed by atoms with Crippen LogP contribution in [0.1, 0.15) is 33.6 Å². The maximum Gasteiger partial charge on any atom is 0.311 e. The molecule has 204 valence electrons. The van der Waals surface area contributed by atoms with E-state index in [1.165, 1.54) is 11.8 Å². The van der Waals surface area contributed by atoms with Gasteiger partial charge in [0, 0.05) is 17.0 Å². The Balaban J connectivity index is 1.67. The zero-order chi connectivity index (χ0) is 27.2. The fraction of sp³-hybridized carbons (Fsp3) is 0.552. The van der Waals surface area contributed by atoms with Crippen LogP contribution in [-0.4, -0.2) is 76.2 Å². The fourth-order valence-electron chi connectivity index (χ4n) is 6.55. The fourth-order valence-corrected chi connectivity index (χ4v) is 8.68. The van der Waals surface area contributed by atoms with Gasteiger partial charge in [-0.3, -0.25) is 14.4 Å². The number of ether oxygens (including phenoxy) is 2. The Morgan fingerprint density at radius 1 is 1.11 bits per heavy atom. The van der Waals surface area contributed by atoms with Crippen molar-refractivity contribution in [3.8, 4) is 5.75 Å². The molecule has 1 spiro atoms. The summed E-state index contributed by atoms with van der Waals surface area (Å²) in [6.45, 7) is 6.18. The van der Waals surface area contributed by atoms with Crippen molar-refractivity contribution in [3.05, 3.63) is 48.6 Å². The Hall–Kier alpha value is -2.78. The topological polar surface area (TPSA) is 96.4 Å². The smallest absolute Gasteiger partial charge is 0.311 e. The number of carbonyl (C=O) groups is 3. The highest BCUT2D eigenvalue weighted by Gasteiger charge is 2.74. The third-order valence-electron chi connectivity index (χ3n) is 8.39. The standard InChI is InChI=1S/C29H36N2O6S/c1-18(2)21(17-32)31-24-26(34)30(19-9-11-20(36-4)12-10-19)15-8-14-29(24)22(25(31)33)23-27(35)37-16-7-5-6-13-28(23,3)38-29/h6,8-14,18,21-24,32H,5,7,15-17H2,1-4H3/b13-6-/t21-,22-,23+,24?,28-,29-/m0/s1. The highest BCUT2D eigenvalue weighted by Crippen LogP contribution is 2.65. The van der Waals surface area contributed by atoms with Crippen LogP contribution in [0.25, 0.3) is 0 Å². The van der Waals surface area contributed by atoms with Crippen molar-refractivity contribution in [2.24, 2.45) is 17.8 Å². The minimum absolute atomic E-state index is 0.0990. The molecule has 0 aliphatic carbocycles. The summed E-state index contributed by atoms with van der Waals surface area (Å²) in [7, 11) is 1.59. The molecule has 2 amide bonds. The van der Waals surface area contributed by atoms with Gasteiger partial charge in [-0.15, -0.1) is 11.8 Å². The van der Waals surface area contributed by atoms with Crippen LogP contribution in [-0.2, 0) is 19.1 Å². The Morgan fingerprint density at radius 2 is 1.84 bits per heavy atom. The SMILES string of the molecule is COc1ccc(N2CC=C[C@]34S[C@@]5(C)/C=C\CCCOC(=O)[C@H]5[C@H]3C(=O)N([C@@H](CO)C(C)C)C4C2=O)cc1. The van der Waals surface area contributed by atoms with Crippen molar-refractivity contribution in [3.63, 3.8) is 0 Å². The number of rotatable bonds is 5. The third-order valence-corrected chi connectivity index (χ3v) is 10.2. The van der Waals surface area contributed by atoms with Crippen LogP contribution in [0.5, 0.6) is 5.75 Å². The van der Waals surface area contributed by atoms with Crippen LogP contribution in [0, 0.1) is 17.8 Å². The first-order chi connectivity index (χ1) is 18.2. The molecule has 0 saturated carbocycles. The molecule has 4 heterocycles. The van der Waals surface area contributed by atoms with E-state index in [2.05, 4.69) is 6.08 Å². The normalized spacial score (nSPS) is 34.5. The van der Waals surface area contributed by atoms with E-state index in [0.29, 0.717) is 24.6 Å². The van der Waals surface area contributed by atoms with Gasteiger partial charge in [0.25, 0.3) is 5.91 Å². The van der Waals surface area contributed by atoms with Gasteiger partial charge in [0.1, 0.15) is 11.8 Å². The summed E-state index contributed by atoms with van der Waals surface area (Å²) < 4.78 is 9.25. The van der Waals surface area contributed by atoms with Gasteiger partial charge in [0.2, 0.25) is 5.91 Å². The number of fused-ring (bicyclic) bond motifs is 2. The zero-order valence-electron chi connectivity index (χ0n) is 22.3. The van der Waals surface area contributed by atoms with E-state index in [0.717, 1.165) is 12.8 Å². The summed E-state index contributed by atoms with van der Waals surface area (Å²) in [6.07, 6.45) is 9.51. The monoisotopic (exact) mass is 540 g/mol. The van der Waals surface area contributed by atoms with Crippen LogP contribution in [0.2, 0.25) is 0 Å². The number of aliphatic hydroxyl groups excluding tert-OH is 1. The molecule has 1 aromatic carbocycles. The summed E-state index contributed by atoms with van der Waals surface area (Å²) in [5.41, 5.74) is 0.689. The molecular formula is C29H36N2O6S. The number of hydrogen-bond acceptors (Lipinski definition) is 7. The minimum Gasteiger partial charge on any atom is -0.497 e. The van der Waals surface area contributed by atoms with Crippen LogP contribution in [0.3, 0.4) is 0 Å². The molecular weight excluding hydrogens is 504 g/mol. The second-order valence-corrected chi connectivity index (χ2v) is 12.8. The molecule has 0 radical (unpaired) electrons. The molecule has 0 aromatic heterocycles. The van der Waals surface area contributed by atoms with E-state index in [4.69, 9.17) is 9.47 Å². The van der Waals surface area contributed by atoms with E-state index in [9.17, 15) is 19.5 Å². The molecule has 2 saturated heterocycles. The number of benzene rings is 1. The molecule has 1 aromatic rings. The number of anilines is 1. The first-order valence-electron chi connectivity index (χ1n) is 13.3. The van der Waals surface area contributed by atoms with E-state index in [1.54, 1.807) is 29.0 Å². The maximum atomic E-state index is 14.5. The van der Waals surface area contributed by atoms with Gasteiger partial charge >= 0.3 is 5.97 Å². The van der Waals surface area contributed by atoms with E-state index < -0.39 is 39.4 Å². The summed E-state index contributed by atoms with van der Waals surface area (Å²) in [5, 5.41) is 10.4. The summed E-state index contributed by atoms with van der Waals surface area (Å²) in [5.74, 6) is -1.86. The number of likely N-dealkylation sites (tertiary alicyclic amines) is 1. The predicted octanol–water partition coefficient (Wildman–Crippen LogP) is 3.20. The lowest BCUT2D eigenvalue weighted by atomic mass is 9.74. The van der Waals surface area contributed by atoms with Crippen molar-refractivity contribution in [1.82, 2.24) is 4.90 Å². The third kappa shape index (κ3) is 4.06. The van der Waals surface area contributed by atoms with E-state index >= 15 is 0 Å². The molecule has 4 aliphatic rings. The van der Waals surface area contributed by atoms with Crippen molar-refractivity contribution in [1.29, 1.82) is 0 Å². The number of hydrogen-bond donors (Lipinski definition) is 1. The molecule has 38 heavy (non-hydrogen) atoms. The number of carbonyl (C=O) groups excluding carboxylic acids is 3. The van der Waals surface area contributed by atoms with Crippen molar-refractivity contribution in [2.45, 2.75) is 55.2 Å². The van der Waals surface area contributed by atoms with Gasteiger partial charge < -0.3 is 24.4 Å². The van der Waals surface area contributed by atoms with Gasteiger partial charge in [-0.25, -0.2) is 0 Å². The van der Waals surface area contributed by atoms with Gasteiger partial charge in [-0.05, 0) is 49.9 Å². The van der Waals surface area contributed by atoms with Crippen LogP contribution >= 0.6 is 11.8 Å². The van der Waals surface area contributed by atoms with Crippen molar-refractivity contribution >= 4 is 35.2 Å². The largest absolute Gasteiger partial charge is 0.497 e. The molecule has 6 atom stereocenters. The summed E-state index contributed by atoms with van der Waals surface area (Å²) in [6, 6.07) is 5.79. The minimum atomic E-state index is -0.986. The number of methoxy groups -OCH3 is 1. The first-order valence-corrected chi connectivity index (χ1v) is 14.1. The molecule has 0 bridgehead atoms. The highest BCUT2D eigenvalue weighted by atomic mass is 32.2. The van der Waals surface area contributed by atoms with Crippen LogP contribution in [0.15, 0.2) is 48.6 Å². The number of nitrogens with zero attached hydrogens (tertiary/aromatic N) is 2. The van der Waals surface area contributed by atoms with Crippen LogP contribution < -0.4 is 9.64 Å². The molecule has 4 aliphatic heterocycles. The Kier molecular flexibility index (Phi) is 7.11. The van der Waals surface area contributed by atoms with Crippen LogP contribution in [0.4, 0.5) is 5.69 Å². The molecule has 2 fully saturated rings. The molecule has 9 heteroatoms. The summed E-state index contributed by atoms with van der Waals surface area (Å²) in [4.78, 5) is 45.7. The number of allylic oxidation sites excluding steroid dienone is 1.